The van der Waals surface area contributed by atoms with Crippen LogP contribution >= 0.6 is 0 Å². The van der Waals surface area contributed by atoms with E-state index in [0.29, 0.717) is 0 Å². The zero-order chi connectivity index (χ0) is 11.7. The van der Waals surface area contributed by atoms with Crippen LogP contribution in [-0.2, 0) is 11.3 Å². The van der Waals surface area contributed by atoms with Gasteiger partial charge in [-0.3, -0.25) is 0 Å². The molecule has 2 aromatic rings. The van der Waals surface area contributed by atoms with Crippen LogP contribution in [0.15, 0.2) is 24.5 Å². The predicted octanol–water partition coefficient (Wildman–Crippen LogP) is 2.05. The Morgan fingerprint density at radius 1 is 1.41 bits per heavy atom. The zero-order valence-corrected chi connectivity index (χ0v) is 9.80. The van der Waals surface area contributed by atoms with Crippen molar-refractivity contribution in [3.8, 4) is 0 Å². The van der Waals surface area contributed by atoms with E-state index < -0.39 is 0 Å². The third-order valence-corrected chi connectivity index (χ3v) is 3.17. The van der Waals surface area contributed by atoms with E-state index in [-0.39, 0.29) is 0 Å². The maximum Gasteiger partial charge on any atom is 0.0959 e. The third-order valence-electron chi connectivity index (χ3n) is 3.17. The largest absolute Gasteiger partial charge is 0.399 e. The van der Waals surface area contributed by atoms with E-state index in [0.717, 1.165) is 42.4 Å². The van der Waals surface area contributed by atoms with Gasteiger partial charge in [-0.1, -0.05) is 0 Å². The van der Waals surface area contributed by atoms with Crippen molar-refractivity contribution < 1.29 is 4.74 Å². The van der Waals surface area contributed by atoms with Crippen LogP contribution in [0.1, 0.15) is 12.8 Å². The van der Waals surface area contributed by atoms with Crippen LogP contribution in [0.2, 0.25) is 0 Å². The Morgan fingerprint density at radius 3 is 3.12 bits per heavy atom. The van der Waals surface area contributed by atoms with E-state index >= 15 is 0 Å². The molecule has 0 radical (unpaired) electrons. The van der Waals surface area contributed by atoms with Crippen molar-refractivity contribution in [2.45, 2.75) is 19.4 Å². The highest BCUT2D eigenvalue weighted by atomic mass is 16.5. The van der Waals surface area contributed by atoms with Gasteiger partial charge in [0.15, 0.2) is 0 Å². The molecule has 0 unspecified atom stereocenters. The number of nitrogen functional groups attached to an aromatic ring is 1. The smallest absolute Gasteiger partial charge is 0.0959 e. The van der Waals surface area contributed by atoms with Gasteiger partial charge < -0.3 is 15.0 Å². The summed E-state index contributed by atoms with van der Waals surface area (Å²) in [6, 6.07) is 5.82. The number of nitrogens with two attached hydrogens (primary N) is 1. The average Bonchev–Trinajstić information content (AvgIpc) is 3.06. The van der Waals surface area contributed by atoms with E-state index in [1.165, 1.54) is 12.8 Å². The van der Waals surface area contributed by atoms with E-state index in [4.69, 9.17) is 10.5 Å². The summed E-state index contributed by atoms with van der Waals surface area (Å²) in [5, 5.41) is 0. The highest BCUT2D eigenvalue weighted by Crippen LogP contribution is 2.28. The van der Waals surface area contributed by atoms with Crippen molar-refractivity contribution >= 4 is 16.7 Å². The second-order valence-electron chi connectivity index (χ2n) is 4.70. The quantitative estimate of drug-likeness (QED) is 0.633. The van der Waals surface area contributed by atoms with E-state index in [1.54, 1.807) is 0 Å². The standard InChI is InChI=1S/C13H17N3O/c14-11-3-4-13-12(7-11)15-9-16(13)5-6-17-8-10-1-2-10/h3-4,7,9-10H,1-2,5-6,8,14H2. The first-order valence-corrected chi connectivity index (χ1v) is 6.11. The van der Waals surface area contributed by atoms with Crippen LogP contribution in [0.4, 0.5) is 5.69 Å². The lowest BCUT2D eigenvalue weighted by Gasteiger charge is -2.05. The fraction of sp³-hybridized carbons (Fsp3) is 0.462. The van der Waals surface area contributed by atoms with Crippen LogP contribution in [-0.4, -0.2) is 22.8 Å². The number of ether oxygens (including phenoxy) is 1. The topological polar surface area (TPSA) is 53.1 Å². The minimum absolute atomic E-state index is 0.756. The molecule has 0 bridgehead atoms. The molecule has 4 nitrogen and oxygen atoms in total. The molecule has 3 rings (SSSR count). The zero-order valence-electron chi connectivity index (χ0n) is 9.80. The number of hydrogen-bond acceptors (Lipinski definition) is 3. The van der Waals surface area contributed by atoms with E-state index in [1.807, 2.05) is 24.5 Å². The maximum atomic E-state index is 5.72. The van der Waals surface area contributed by atoms with Gasteiger partial charge in [0.2, 0.25) is 0 Å². The Morgan fingerprint density at radius 2 is 2.29 bits per heavy atom. The summed E-state index contributed by atoms with van der Waals surface area (Å²) >= 11 is 0. The van der Waals surface area contributed by atoms with Crippen molar-refractivity contribution in [1.29, 1.82) is 0 Å². The molecular formula is C13H17N3O. The minimum Gasteiger partial charge on any atom is -0.399 e. The maximum absolute atomic E-state index is 5.72. The first kappa shape index (κ1) is 10.6. The van der Waals surface area contributed by atoms with Gasteiger partial charge in [-0.15, -0.1) is 0 Å². The van der Waals surface area contributed by atoms with Crippen molar-refractivity contribution in [2.75, 3.05) is 18.9 Å². The fourth-order valence-corrected chi connectivity index (χ4v) is 1.96. The molecular weight excluding hydrogens is 214 g/mol. The number of fused-ring (bicyclic) bond motifs is 1. The third kappa shape index (κ3) is 2.42. The van der Waals surface area contributed by atoms with Crippen molar-refractivity contribution in [3.05, 3.63) is 24.5 Å². The molecule has 1 heterocycles. The van der Waals surface area contributed by atoms with Crippen molar-refractivity contribution in [3.63, 3.8) is 0 Å². The SMILES string of the molecule is Nc1ccc2c(c1)ncn2CCOCC1CC1. The monoisotopic (exact) mass is 231 g/mol. The molecule has 0 aliphatic heterocycles. The van der Waals surface area contributed by atoms with E-state index in [9.17, 15) is 0 Å². The first-order chi connectivity index (χ1) is 8.33. The lowest BCUT2D eigenvalue weighted by atomic mass is 10.3. The molecule has 2 N–H and O–H groups in total. The molecule has 0 atom stereocenters. The Labute approximate surface area is 100 Å². The Kier molecular flexibility index (Phi) is 2.73. The normalized spacial score (nSPS) is 15.5. The lowest BCUT2D eigenvalue weighted by Crippen LogP contribution is -2.06. The second kappa shape index (κ2) is 4.37. The van der Waals surface area contributed by atoms with Gasteiger partial charge in [-0.2, -0.15) is 0 Å². The number of nitrogens with zero attached hydrogens (tertiary/aromatic N) is 2. The van der Waals surface area contributed by atoms with E-state index in [2.05, 4.69) is 9.55 Å². The van der Waals surface area contributed by atoms with Gasteiger partial charge >= 0.3 is 0 Å². The summed E-state index contributed by atoms with van der Waals surface area (Å²) < 4.78 is 7.74. The summed E-state index contributed by atoms with van der Waals surface area (Å²) in [7, 11) is 0. The predicted molar refractivity (Wildman–Crippen MR) is 67.7 cm³/mol. The van der Waals surface area contributed by atoms with Gasteiger partial charge in [-0.25, -0.2) is 4.98 Å². The first-order valence-electron chi connectivity index (χ1n) is 6.11. The number of benzene rings is 1. The summed E-state index contributed by atoms with van der Waals surface area (Å²) in [6.45, 7) is 2.53. The van der Waals surface area contributed by atoms with Crippen molar-refractivity contribution in [1.82, 2.24) is 9.55 Å². The molecule has 0 amide bonds. The van der Waals surface area contributed by atoms with Gasteiger partial charge in [0.25, 0.3) is 0 Å². The molecule has 1 aliphatic rings. The summed E-state index contributed by atoms with van der Waals surface area (Å²) in [4.78, 5) is 4.33. The number of hydrogen-bond donors (Lipinski definition) is 1. The molecule has 17 heavy (non-hydrogen) atoms. The molecule has 1 aromatic carbocycles. The Hall–Kier alpha value is -1.55. The van der Waals surface area contributed by atoms with Crippen LogP contribution in [0, 0.1) is 5.92 Å². The van der Waals surface area contributed by atoms with Crippen LogP contribution < -0.4 is 5.73 Å². The molecule has 0 saturated heterocycles. The summed E-state index contributed by atoms with van der Waals surface area (Å²) in [6.07, 6.45) is 4.53. The highest BCUT2D eigenvalue weighted by Gasteiger charge is 2.20. The van der Waals surface area contributed by atoms with Gasteiger partial charge in [0.1, 0.15) is 0 Å². The molecule has 4 heteroatoms. The molecule has 0 spiro atoms. The molecule has 1 aliphatic carbocycles. The Balaban J connectivity index is 1.63. The second-order valence-corrected chi connectivity index (χ2v) is 4.70. The van der Waals surface area contributed by atoms with Crippen molar-refractivity contribution in [2.24, 2.45) is 5.92 Å². The van der Waals surface area contributed by atoms with Crippen LogP contribution in [0.25, 0.3) is 11.0 Å². The number of imidazole rings is 1. The molecule has 1 fully saturated rings. The van der Waals surface area contributed by atoms with Gasteiger partial charge in [-0.05, 0) is 37.0 Å². The average molecular weight is 231 g/mol. The fourth-order valence-electron chi connectivity index (χ4n) is 1.96. The molecule has 90 valence electrons. The van der Waals surface area contributed by atoms with Gasteiger partial charge in [0, 0.05) is 18.8 Å². The highest BCUT2D eigenvalue weighted by molar-refractivity contribution is 5.78. The van der Waals surface area contributed by atoms with Crippen LogP contribution in [0.3, 0.4) is 0 Å². The minimum atomic E-state index is 0.756. The molecule has 1 saturated carbocycles. The Bertz CT molecular complexity index is 516. The van der Waals surface area contributed by atoms with Gasteiger partial charge in [0.05, 0.1) is 24.0 Å². The number of anilines is 1. The number of aromatic nitrogens is 2. The summed E-state index contributed by atoms with van der Waals surface area (Å²) in [5.41, 5.74) is 8.55. The van der Waals surface area contributed by atoms with Crippen LogP contribution in [0.5, 0.6) is 0 Å². The molecule has 1 aromatic heterocycles. The summed E-state index contributed by atoms with van der Waals surface area (Å²) in [5.74, 6) is 0.828. The lowest BCUT2D eigenvalue weighted by molar-refractivity contribution is 0.117. The number of rotatable bonds is 5.